The highest BCUT2D eigenvalue weighted by Crippen LogP contribution is 2.42. The van der Waals surface area contributed by atoms with E-state index >= 15 is 0 Å². The highest BCUT2D eigenvalue weighted by molar-refractivity contribution is 5.83. The third-order valence-corrected chi connectivity index (χ3v) is 12.6. The minimum Gasteiger partial charge on any atom is -0.459 e. The number of aliphatic hydroxyl groups is 3. The predicted molar refractivity (Wildman–Crippen MR) is 205 cm³/mol. The first kappa shape index (κ1) is 47.8. The molecule has 0 spiro atoms. The fourth-order valence-electron chi connectivity index (χ4n) is 9.06. The summed E-state index contributed by atoms with van der Waals surface area (Å²) in [6, 6.07) is -0.278. The summed E-state index contributed by atoms with van der Waals surface area (Å²) in [6.07, 6.45) is -6.40. The van der Waals surface area contributed by atoms with Crippen LogP contribution in [0.15, 0.2) is 12.7 Å². The zero-order valence-corrected chi connectivity index (χ0v) is 35.9. The molecule has 18 atom stereocenters. The Hall–Kier alpha value is -1.56. The lowest BCUT2D eigenvalue weighted by Crippen LogP contribution is -2.61. The SMILES string of the molecule is C=CCO[C@@H]1[C@H](C)C(=O)[C@H](C)C[C@](C)(OC)[C@H](OC2O[C@H](C)C[C@H](N(C)C)[C@H]2O)[C@@H](C)[C@H](O[C@H]2C[C@@](C)(OC)[C@@H](O)[C@H](C)O2)[C@@H](C)C(=O)O[C@@H](CC)[C@@]1(C)O. The fourth-order valence-corrected chi connectivity index (χ4v) is 9.06. The number of aliphatic hydroxyl groups excluding tert-OH is 2. The normalized spacial score (nSPS) is 46.9. The highest BCUT2D eigenvalue weighted by atomic mass is 16.7. The van der Waals surface area contributed by atoms with Gasteiger partial charge in [-0.3, -0.25) is 9.59 Å². The number of cyclic esters (lactones) is 1. The summed E-state index contributed by atoms with van der Waals surface area (Å²) in [5, 5.41) is 34.8. The van der Waals surface area contributed by atoms with Crippen LogP contribution in [0.2, 0.25) is 0 Å². The third kappa shape index (κ3) is 10.6. The van der Waals surface area contributed by atoms with Crippen molar-refractivity contribution < 1.29 is 62.8 Å². The van der Waals surface area contributed by atoms with Crippen molar-refractivity contribution in [2.24, 2.45) is 23.7 Å². The van der Waals surface area contributed by atoms with E-state index in [9.17, 15) is 24.9 Å². The number of likely N-dealkylation sites (N-methyl/N-ethyl adjacent to an activating group) is 1. The number of hydrogen-bond donors (Lipinski definition) is 3. The van der Waals surface area contributed by atoms with Gasteiger partial charge in [0.15, 0.2) is 12.6 Å². The van der Waals surface area contributed by atoms with E-state index in [1.54, 1.807) is 41.5 Å². The van der Waals surface area contributed by atoms with Gasteiger partial charge in [0, 0.05) is 44.4 Å². The van der Waals surface area contributed by atoms with Gasteiger partial charge in [-0.05, 0) is 74.9 Å². The van der Waals surface area contributed by atoms with Crippen molar-refractivity contribution in [2.75, 3.05) is 34.9 Å². The summed E-state index contributed by atoms with van der Waals surface area (Å²) in [5.74, 6) is -4.01. The van der Waals surface area contributed by atoms with E-state index in [1.807, 2.05) is 39.8 Å². The molecule has 3 rings (SSSR count). The van der Waals surface area contributed by atoms with Crippen LogP contribution in [0.25, 0.3) is 0 Å². The first-order valence-electron chi connectivity index (χ1n) is 20.0. The molecule has 3 saturated heterocycles. The van der Waals surface area contributed by atoms with Gasteiger partial charge in [0.2, 0.25) is 0 Å². The third-order valence-electron chi connectivity index (χ3n) is 12.6. The van der Waals surface area contributed by atoms with Gasteiger partial charge in [-0.2, -0.15) is 0 Å². The number of methoxy groups -OCH3 is 2. The number of ketones is 1. The van der Waals surface area contributed by atoms with E-state index in [-0.39, 0.29) is 43.8 Å². The quantitative estimate of drug-likeness (QED) is 0.205. The van der Waals surface area contributed by atoms with Crippen LogP contribution in [0.3, 0.4) is 0 Å². The Morgan fingerprint density at radius 3 is 2.07 bits per heavy atom. The van der Waals surface area contributed by atoms with Gasteiger partial charge in [-0.15, -0.1) is 6.58 Å². The van der Waals surface area contributed by atoms with Gasteiger partial charge in [0.1, 0.15) is 29.7 Å². The minimum absolute atomic E-state index is 0.0533. The monoisotopic (exact) mass is 788 g/mol. The second-order valence-corrected chi connectivity index (χ2v) is 17.2. The van der Waals surface area contributed by atoms with Crippen molar-refractivity contribution in [3.8, 4) is 0 Å². The zero-order valence-electron chi connectivity index (χ0n) is 35.9. The summed E-state index contributed by atoms with van der Waals surface area (Å²) in [7, 11) is 6.83. The van der Waals surface area contributed by atoms with Crippen LogP contribution in [0.5, 0.6) is 0 Å². The Kier molecular flexibility index (Phi) is 16.9. The molecule has 320 valence electrons. The molecule has 3 N–H and O–H groups in total. The van der Waals surface area contributed by atoms with E-state index in [4.69, 9.17) is 37.9 Å². The van der Waals surface area contributed by atoms with Crippen molar-refractivity contribution >= 4 is 11.8 Å². The Bertz CT molecular complexity index is 1270. The smallest absolute Gasteiger partial charge is 0.311 e. The number of ether oxygens (including phenoxy) is 8. The van der Waals surface area contributed by atoms with Crippen LogP contribution in [0, 0.1) is 23.7 Å². The van der Waals surface area contributed by atoms with Crippen molar-refractivity contribution in [2.45, 2.75) is 179 Å². The average Bonchev–Trinajstić information content (AvgIpc) is 3.13. The fraction of sp³-hybridized carbons (Fsp3) is 0.902. The molecule has 0 saturated carbocycles. The van der Waals surface area contributed by atoms with Crippen LogP contribution < -0.4 is 0 Å². The first-order chi connectivity index (χ1) is 25.5. The number of hydrogen-bond acceptors (Lipinski definition) is 14. The number of carbonyl (C=O) groups is 2. The van der Waals surface area contributed by atoms with E-state index in [2.05, 4.69) is 6.58 Å². The molecule has 1 unspecified atom stereocenters. The summed E-state index contributed by atoms with van der Waals surface area (Å²) in [5.41, 5.74) is -4.04. The molecule has 14 nitrogen and oxygen atoms in total. The van der Waals surface area contributed by atoms with Crippen LogP contribution in [-0.4, -0.2) is 151 Å². The number of nitrogens with zero attached hydrogens (tertiary/aromatic N) is 1. The molecular formula is C41H73NO13. The summed E-state index contributed by atoms with van der Waals surface area (Å²) in [4.78, 5) is 30.7. The average molecular weight is 788 g/mol. The minimum atomic E-state index is -1.78. The Balaban J connectivity index is 2.26. The maximum Gasteiger partial charge on any atom is 0.311 e. The molecule has 0 aromatic heterocycles. The van der Waals surface area contributed by atoms with Crippen LogP contribution in [0.4, 0.5) is 0 Å². The molecule has 14 heteroatoms. The summed E-state index contributed by atoms with van der Waals surface area (Å²) < 4.78 is 50.5. The maximum atomic E-state index is 14.4. The second-order valence-electron chi connectivity index (χ2n) is 17.2. The topological polar surface area (TPSA) is 172 Å². The lowest BCUT2D eigenvalue weighted by Gasteiger charge is -2.50. The number of Topliss-reactive ketones (excluding diaryl/α,β-unsaturated/α-hetero) is 1. The number of esters is 1. The van der Waals surface area contributed by atoms with E-state index in [0.717, 1.165) is 0 Å². The zero-order chi connectivity index (χ0) is 41.8. The van der Waals surface area contributed by atoms with Crippen molar-refractivity contribution in [1.82, 2.24) is 4.90 Å². The summed E-state index contributed by atoms with van der Waals surface area (Å²) in [6.45, 7) is 21.4. The van der Waals surface area contributed by atoms with E-state index in [1.165, 1.54) is 27.2 Å². The predicted octanol–water partition coefficient (Wildman–Crippen LogP) is 3.65. The van der Waals surface area contributed by atoms with Gasteiger partial charge in [-0.25, -0.2) is 0 Å². The van der Waals surface area contributed by atoms with Gasteiger partial charge in [0.25, 0.3) is 0 Å². The number of rotatable bonds is 11. The van der Waals surface area contributed by atoms with Crippen LogP contribution in [-0.2, 0) is 47.5 Å². The molecule has 0 aromatic carbocycles. The Labute approximate surface area is 329 Å². The second kappa shape index (κ2) is 19.5. The van der Waals surface area contributed by atoms with Crippen molar-refractivity contribution in [1.29, 1.82) is 0 Å². The largest absolute Gasteiger partial charge is 0.459 e. The Morgan fingerprint density at radius 1 is 0.909 bits per heavy atom. The molecule has 3 aliphatic heterocycles. The number of carbonyl (C=O) groups excluding carboxylic acids is 2. The molecule has 0 aliphatic carbocycles. The standard InChI is InChI=1S/C41H73NO13/c1-16-18-50-36-24(5)31(43)22(3)20-40(10,49-15)35(55-38-32(44)28(42(12)13)19-23(4)51-38)25(6)33(26(7)37(46)53-29(17-2)41(36,11)47)54-30-21-39(9,48-14)34(45)27(8)52-30/h16,22-30,32-36,38,44-45,47H,1,17-21H2,2-15H3/t22-,23-,24-,25+,26-,27+,28+,29+,30+,32-,33+,34+,35-,36-,38?,39-,40+,41-/m1/s1. The van der Waals surface area contributed by atoms with Gasteiger partial charge < -0.3 is 58.1 Å². The van der Waals surface area contributed by atoms with Gasteiger partial charge in [0.05, 0.1) is 54.2 Å². The molecule has 0 bridgehead atoms. The molecule has 3 fully saturated rings. The van der Waals surface area contributed by atoms with Crippen molar-refractivity contribution in [3.63, 3.8) is 0 Å². The van der Waals surface area contributed by atoms with Crippen molar-refractivity contribution in [3.05, 3.63) is 12.7 Å². The maximum absolute atomic E-state index is 14.4. The van der Waals surface area contributed by atoms with Gasteiger partial charge >= 0.3 is 5.97 Å². The first-order valence-corrected chi connectivity index (χ1v) is 20.0. The molecule has 0 aromatic rings. The van der Waals surface area contributed by atoms with Crippen LogP contribution >= 0.6 is 0 Å². The lowest BCUT2D eigenvalue weighted by atomic mass is 9.73. The lowest BCUT2D eigenvalue weighted by molar-refractivity contribution is -0.319. The van der Waals surface area contributed by atoms with E-state index < -0.39 is 102 Å². The Morgan fingerprint density at radius 2 is 1.53 bits per heavy atom. The van der Waals surface area contributed by atoms with Gasteiger partial charge in [-0.1, -0.05) is 33.8 Å². The van der Waals surface area contributed by atoms with E-state index in [0.29, 0.717) is 6.42 Å². The van der Waals surface area contributed by atoms with Crippen LogP contribution in [0.1, 0.15) is 94.9 Å². The highest BCUT2D eigenvalue weighted by Gasteiger charge is 2.54. The summed E-state index contributed by atoms with van der Waals surface area (Å²) >= 11 is 0. The molecule has 0 amide bonds. The molecular weight excluding hydrogens is 714 g/mol. The molecule has 3 aliphatic rings. The molecule has 55 heavy (non-hydrogen) atoms. The molecule has 3 heterocycles. The molecule has 0 radical (unpaired) electrons.